The van der Waals surface area contributed by atoms with E-state index in [1.807, 2.05) is 0 Å². The molecule has 1 aliphatic rings. The first-order valence-corrected chi connectivity index (χ1v) is 6.78. The van der Waals surface area contributed by atoms with Gasteiger partial charge in [0.15, 0.2) is 0 Å². The monoisotopic (exact) mass is 230 g/mol. The highest BCUT2D eigenvalue weighted by Gasteiger charge is 2.23. The molecule has 1 aliphatic heterocycles. The second-order valence-electron chi connectivity index (χ2n) is 3.89. The Morgan fingerprint density at radius 1 is 1.53 bits per heavy atom. The van der Waals surface area contributed by atoms with Gasteiger partial charge in [0, 0.05) is 13.1 Å². The van der Waals surface area contributed by atoms with Crippen molar-refractivity contribution in [2.45, 2.75) is 25.3 Å². The molecule has 1 unspecified atom stereocenters. The fourth-order valence-corrected chi connectivity index (χ4v) is 2.99. The Morgan fingerprint density at radius 3 is 2.80 bits per heavy atom. The maximum absolute atomic E-state index is 11.8. The Hall–Kier alpha value is -0.570. The van der Waals surface area contributed by atoms with Gasteiger partial charge in [-0.05, 0) is 19.4 Å². The minimum absolute atomic E-state index is 0.0870. The van der Waals surface area contributed by atoms with Crippen LogP contribution in [0.3, 0.4) is 0 Å². The molecule has 0 aromatic rings. The van der Waals surface area contributed by atoms with Crippen LogP contribution in [0.15, 0.2) is 0 Å². The summed E-state index contributed by atoms with van der Waals surface area (Å²) in [6.45, 7) is 1.06. The number of terminal acetylenes is 1. The summed E-state index contributed by atoms with van der Waals surface area (Å²) in [6.07, 6.45) is 8.26. The number of hydrogen-bond acceptors (Lipinski definition) is 3. The molecule has 1 saturated heterocycles. The van der Waals surface area contributed by atoms with E-state index < -0.39 is 10.0 Å². The molecular weight excluding hydrogens is 212 g/mol. The Bertz CT molecular complexity index is 326. The van der Waals surface area contributed by atoms with E-state index in [-0.39, 0.29) is 18.3 Å². The number of piperidine rings is 1. The third kappa shape index (κ3) is 3.82. The van der Waals surface area contributed by atoms with Gasteiger partial charge in [0.1, 0.15) is 0 Å². The summed E-state index contributed by atoms with van der Waals surface area (Å²) in [4.78, 5) is 0. The van der Waals surface area contributed by atoms with E-state index in [0.29, 0.717) is 0 Å². The standard InChI is InChI=1S/C10H18N2O2S/c1-3-8-12(2)15(13,14)9-10-6-4-5-7-11-10/h1,10-11H,4-9H2,2H3. The van der Waals surface area contributed by atoms with Crippen molar-refractivity contribution in [3.05, 3.63) is 0 Å². The molecule has 86 valence electrons. The number of hydrogen-bond donors (Lipinski definition) is 1. The molecule has 1 rings (SSSR count). The van der Waals surface area contributed by atoms with E-state index >= 15 is 0 Å². The van der Waals surface area contributed by atoms with Crippen LogP contribution in [0, 0.1) is 12.3 Å². The number of nitrogens with zero attached hydrogens (tertiary/aromatic N) is 1. The van der Waals surface area contributed by atoms with Gasteiger partial charge in [-0.2, -0.15) is 4.31 Å². The van der Waals surface area contributed by atoms with Crippen molar-refractivity contribution in [2.24, 2.45) is 0 Å². The number of rotatable bonds is 4. The van der Waals surface area contributed by atoms with Crippen molar-refractivity contribution in [2.75, 3.05) is 25.9 Å². The summed E-state index contributed by atoms with van der Waals surface area (Å²) < 4.78 is 24.8. The highest BCUT2D eigenvalue weighted by molar-refractivity contribution is 7.89. The average Bonchev–Trinajstić information content (AvgIpc) is 2.19. The molecule has 0 aromatic heterocycles. The van der Waals surface area contributed by atoms with Crippen LogP contribution in [-0.4, -0.2) is 44.7 Å². The maximum atomic E-state index is 11.8. The SMILES string of the molecule is C#CCN(C)S(=O)(=O)CC1CCCCN1. The Morgan fingerprint density at radius 2 is 2.27 bits per heavy atom. The summed E-state index contributed by atoms with van der Waals surface area (Å²) in [5.41, 5.74) is 0. The highest BCUT2D eigenvalue weighted by atomic mass is 32.2. The molecule has 4 nitrogen and oxygen atoms in total. The zero-order chi connectivity index (χ0) is 11.3. The molecule has 0 aliphatic carbocycles. The zero-order valence-electron chi connectivity index (χ0n) is 9.07. The highest BCUT2D eigenvalue weighted by Crippen LogP contribution is 2.10. The lowest BCUT2D eigenvalue weighted by molar-refractivity contribution is 0.414. The van der Waals surface area contributed by atoms with E-state index in [1.165, 1.54) is 11.4 Å². The summed E-state index contributed by atoms with van der Waals surface area (Å²) in [5.74, 6) is 2.50. The van der Waals surface area contributed by atoms with Gasteiger partial charge in [0.25, 0.3) is 0 Å². The molecule has 1 fully saturated rings. The fourth-order valence-electron chi connectivity index (χ4n) is 1.67. The molecule has 0 amide bonds. The van der Waals surface area contributed by atoms with Gasteiger partial charge in [-0.3, -0.25) is 0 Å². The smallest absolute Gasteiger partial charge is 0.216 e. The summed E-state index contributed by atoms with van der Waals surface area (Å²) in [6, 6.07) is 0.0870. The van der Waals surface area contributed by atoms with Gasteiger partial charge < -0.3 is 5.32 Å². The molecule has 0 saturated carbocycles. The van der Waals surface area contributed by atoms with Crippen LogP contribution >= 0.6 is 0 Å². The van der Waals surface area contributed by atoms with Gasteiger partial charge in [-0.15, -0.1) is 6.42 Å². The van der Waals surface area contributed by atoms with Crippen molar-refractivity contribution < 1.29 is 8.42 Å². The van der Waals surface area contributed by atoms with Crippen molar-refractivity contribution >= 4 is 10.0 Å². The summed E-state index contributed by atoms with van der Waals surface area (Å²) in [7, 11) is -1.67. The van der Waals surface area contributed by atoms with Gasteiger partial charge in [0.2, 0.25) is 10.0 Å². The molecule has 0 aromatic carbocycles. The summed E-state index contributed by atoms with van der Waals surface area (Å²) in [5, 5.41) is 3.21. The number of nitrogens with one attached hydrogen (secondary N) is 1. The second kappa shape index (κ2) is 5.50. The minimum Gasteiger partial charge on any atom is -0.313 e. The largest absolute Gasteiger partial charge is 0.313 e. The predicted molar refractivity (Wildman–Crippen MR) is 60.9 cm³/mol. The van der Waals surface area contributed by atoms with Crippen LogP contribution in [0.1, 0.15) is 19.3 Å². The molecule has 1 heterocycles. The van der Waals surface area contributed by atoms with Crippen molar-refractivity contribution in [1.82, 2.24) is 9.62 Å². The lowest BCUT2D eigenvalue weighted by atomic mass is 10.1. The molecule has 0 spiro atoms. The van der Waals surface area contributed by atoms with Crippen molar-refractivity contribution in [1.29, 1.82) is 0 Å². The molecule has 1 N–H and O–H groups in total. The van der Waals surface area contributed by atoms with E-state index in [1.54, 1.807) is 0 Å². The quantitative estimate of drug-likeness (QED) is 0.693. The Kier molecular flexibility index (Phi) is 4.58. The second-order valence-corrected chi connectivity index (χ2v) is 6.01. The predicted octanol–water partition coefficient (Wildman–Crippen LogP) is 0.0233. The van der Waals surface area contributed by atoms with E-state index in [9.17, 15) is 8.42 Å². The average molecular weight is 230 g/mol. The van der Waals surface area contributed by atoms with E-state index in [0.717, 1.165) is 25.8 Å². The molecule has 0 radical (unpaired) electrons. The Labute approximate surface area is 92.1 Å². The third-order valence-corrected chi connectivity index (χ3v) is 4.52. The lowest BCUT2D eigenvalue weighted by Crippen LogP contribution is -2.43. The van der Waals surface area contributed by atoms with Crippen LogP contribution < -0.4 is 5.32 Å². The maximum Gasteiger partial charge on any atom is 0.216 e. The molecule has 15 heavy (non-hydrogen) atoms. The summed E-state index contributed by atoms with van der Waals surface area (Å²) >= 11 is 0. The topological polar surface area (TPSA) is 49.4 Å². The van der Waals surface area contributed by atoms with Crippen LogP contribution in [0.5, 0.6) is 0 Å². The first-order chi connectivity index (χ1) is 7.06. The number of sulfonamides is 1. The minimum atomic E-state index is -3.19. The van der Waals surface area contributed by atoms with E-state index in [2.05, 4.69) is 11.2 Å². The molecule has 0 bridgehead atoms. The molecule has 1 atom stereocenters. The van der Waals surface area contributed by atoms with Crippen molar-refractivity contribution in [3.8, 4) is 12.3 Å². The van der Waals surface area contributed by atoms with Gasteiger partial charge in [-0.1, -0.05) is 12.3 Å². The van der Waals surface area contributed by atoms with Crippen molar-refractivity contribution in [3.63, 3.8) is 0 Å². The Balaban J connectivity index is 2.51. The molecular formula is C10H18N2O2S. The van der Waals surface area contributed by atoms with Crippen LogP contribution in [0.4, 0.5) is 0 Å². The van der Waals surface area contributed by atoms with Crippen LogP contribution in [0.2, 0.25) is 0 Å². The van der Waals surface area contributed by atoms with Crippen LogP contribution in [0.25, 0.3) is 0 Å². The van der Waals surface area contributed by atoms with Gasteiger partial charge in [-0.25, -0.2) is 8.42 Å². The first-order valence-electron chi connectivity index (χ1n) is 5.17. The van der Waals surface area contributed by atoms with E-state index in [4.69, 9.17) is 6.42 Å². The van der Waals surface area contributed by atoms with Gasteiger partial charge >= 0.3 is 0 Å². The normalized spacial score (nSPS) is 22.6. The lowest BCUT2D eigenvalue weighted by Gasteiger charge is -2.25. The van der Waals surface area contributed by atoms with Crippen LogP contribution in [-0.2, 0) is 10.0 Å². The fraction of sp³-hybridized carbons (Fsp3) is 0.800. The van der Waals surface area contributed by atoms with Gasteiger partial charge in [0.05, 0.1) is 12.3 Å². The first kappa shape index (κ1) is 12.5. The third-order valence-electron chi connectivity index (χ3n) is 2.61. The zero-order valence-corrected chi connectivity index (χ0v) is 9.89. The molecule has 5 heteroatoms.